The van der Waals surface area contributed by atoms with Crippen LogP contribution in [-0.4, -0.2) is 36.9 Å². The van der Waals surface area contributed by atoms with E-state index in [0.717, 1.165) is 26.4 Å². The van der Waals surface area contributed by atoms with Crippen LogP contribution in [0.15, 0.2) is 138 Å². The molecule has 0 saturated heterocycles. The Bertz CT molecular complexity index is 2150. The Morgan fingerprint density at radius 1 is 0.760 bits per heavy atom. The molecule has 0 radical (unpaired) electrons. The second-order valence-corrected chi connectivity index (χ2v) is 13.1. The van der Waals surface area contributed by atoms with E-state index in [4.69, 9.17) is 9.47 Å². The molecule has 0 spiro atoms. The Morgan fingerprint density at radius 2 is 1.46 bits per heavy atom. The lowest BCUT2D eigenvalue weighted by Crippen LogP contribution is -2.30. The summed E-state index contributed by atoms with van der Waals surface area (Å²) in [5, 5.41) is 8.54. The highest BCUT2D eigenvalue weighted by atomic mass is 32.2. The molecular weight excluding hydrogens is 669 g/mol. The van der Waals surface area contributed by atoms with Gasteiger partial charge < -0.3 is 25.4 Å². The summed E-state index contributed by atoms with van der Waals surface area (Å²) in [5.74, 6) is 0.192. The van der Waals surface area contributed by atoms with E-state index in [-0.39, 0.29) is 11.6 Å². The van der Waals surface area contributed by atoms with Crippen molar-refractivity contribution in [1.29, 1.82) is 0 Å². The summed E-state index contributed by atoms with van der Waals surface area (Å²) in [6, 6.07) is 38.1. The van der Waals surface area contributed by atoms with E-state index in [1.165, 1.54) is 23.1 Å². The smallest absolute Gasteiger partial charge is 0.272 e. The largest absolute Gasteiger partial charge is 0.497 e. The van der Waals surface area contributed by atoms with Crippen molar-refractivity contribution >= 4 is 67.9 Å². The number of benzene rings is 5. The molecule has 0 aliphatic carbocycles. The van der Waals surface area contributed by atoms with Gasteiger partial charge in [0.15, 0.2) is 5.13 Å². The average Bonchev–Trinajstić information content (AvgIpc) is 3.56. The third-order valence-electron chi connectivity index (χ3n) is 7.47. The molecule has 50 heavy (non-hydrogen) atoms. The zero-order valence-electron chi connectivity index (χ0n) is 27.1. The number of aromatic nitrogens is 1. The molecule has 1 atom stereocenters. The predicted molar refractivity (Wildman–Crippen MR) is 200 cm³/mol. The number of fused-ring (bicyclic) bond motifs is 1. The van der Waals surface area contributed by atoms with Gasteiger partial charge in [-0.1, -0.05) is 72.0 Å². The number of nitrogens with one attached hydrogen (secondary N) is 3. The average molecular weight is 701 g/mol. The fraction of sp³-hybridized carbons (Fsp3) is 0.0769. The molecule has 0 saturated carbocycles. The fourth-order valence-corrected chi connectivity index (χ4v) is 6.87. The summed E-state index contributed by atoms with van der Waals surface area (Å²) >= 11 is 2.76. The Morgan fingerprint density at radius 3 is 2.18 bits per heavy atom. The predicted octanol–water partition coefficient (Wildman–Crippen LogP) is 8.20. The van der Waals surface area contributed by atoms with Crippen molar-refractivity contribution in [3.63, 3.8) is 0 Å². The molecule has 3 N–H and O–H groups in total. The van der Waals surface area contributed by atoms with Gasteiger partial charge in [0.1, 0.15) is 22.4 Å². The highest BCUT2D eigenvalue weighted by Crippen LogP contribution is 2.38. The lowest BCUT2D eigenvalue weighted by Gasteiger charge is -2.17. The van der Waals surface area contributed by atoms with Crippen molar-refractivity contribution in [3.8, 4) is 11.5 Å². The Kier molecular flexibility index (Phi) is 10.9. The number of thioether (sulfide) groups is 1. The van der Waals surface area contributed by atoms with Gasteiger partial charge >= 0.3 is 0 Å². The van der Waals surface area contributed by atoms with Gasteiger partial charge in [-0.3, -0.25) is 14.4 Å². The molecular formula is C39H32N4O5S2. The van der Waals surface area contributed by atoms with Crippen LogP contribution >= 0.6 is 23.1 Å². The summed E-state index contributed by atoms with van der Waals surface area (Å²) in [5.41, 5.74) is 3.25. The summed E-state index contributed by atoms with van der Waals surface area (Å²) in [6.45, 7) is 0. The first-order chi connectivity index (χ1) is 24.4. The number of carbonyl (C=O) groups is 3. The standard InChI is InChI=1S/C39H32N4O5S2/c1-47-29-15-9-10-25(22-29)23-33(41-36(44)27-13-7-4-8-14-27)37(45)40-28-16-19-31(20-17-28)49-35(26-11-5-3-6-12-26)38(46)43-39-42-32-21-18-30(48-2)24-34(32)50-39/h3-24,35H,1-2H3,(H,40,45)(H,41,44)(H,42,43,46)/b33-23-. The minimum Gasteiger partial charge on any atom is -0.497 e. The SMILES string of the molecule is COc1cccc(/C=C(\NC(=O)c2ccccc2)C(=O)Nc2ccc(SC(C(=O)Nc3nc4ccc(OC)cc4s3)c3ccccc3)cc2)c1. The van der Waals surface area contributed by atoms with Gasteiger partial charge in [0, 0.05) is 16.1 Å². The lowest BCUT2D eigenvalue weighted by atomic mass is 10.1. The van der Waals surface area contributed by atoms with Crippen LogP contribution in [0.25, 0.3) is 16.3 Å². The first-order valence-electron chi connectivity index (χ1n) is 15.5. The van der Waals surface area contributed by atoms with E-state index in [0.29, 0.717) is 27.7 Å². The molecule has 0 aliphatic heterocycles. The summed E-state index contributed by atoms with van der Waals surface area (Å²) in [6.07, 6.45) is 1.59. The van der Waals surface area contributed by atoms with Crippen molar-refractivity contribution in [2.75, 3.05) is 24.9 Å². The van der Waals surface area contributed by atoms with Gasteiger partial charge in [-0.2, -0.15) is 0 Å². The van der Waals surface area contributed by atoms with Crippen LogP contribution in [0.1, 0.15) is 26.7 Å². The maximum atomic E-state index is 13.7. The monoisotopic (exact) mass is 700 g/mol. The van der Waals surface area contributed by atoms with E-state index in [9.17, 15) is 14.4 Å². The summed E-state index contributed by atoms with van der Waals surface area (Å²) in [4.78, 5) is 45.7. The minimum atomic E-state index is -0.580. The molecule has 1 heterocycles. The molecule has 6 rings (SSSR count). The molecule has 11 heteroatoms. The van der Waals surface area contributed by atoms with Gasteiger partial charge in [0.2, 0.25) is 5.91 Å². The van der Waals surface area contributed by atoms with Crippen LogP contribution in [-0.2, 0) is 9.59 Å². The zero-order valence-corrected chi connectivity index (χ0v) is 28.7. The van der Waals surface area contributed by atoms with E-state index < -0.39 is 17.1 Å². The number of amides is 3. The van der Waals surface area contributed by atoms with Crippen molar-refractivity contribution in [2.24, 2.45) is 0 Å². The van der Waals surface area contributed by atoms with Gasteiger partial charge in [0.25, 0.3) is 11.8 Å². The minimum absolute atomic E-state index is 0.0552. The Balaban J connectivity index is 1.19. The number of ether oxygens (including phenoxy) is 2. The van der Waals surface area contributed by atoms with Gasteiger partial charge in [0.05, 0.1) is 24.4 Å². The molecule has 0 fully saturated rings. The van der Waals surface area contributed by atoms with Crippen LogP contribution in [0.3, 0.4) is 0 Å². The van der Waals surface area contributed by atoms with Crippen LogP contribution in [0.4, 0.5) is 10.8 Å². The number of thiazole rings is 1. The van der Waals surface area contributed by atoms with Gasteiger partial charge in [-0.25, -0.2) is 4.98 Å². The lowest BCUT2D eigenvalue weighted by molar-refractivity contribution is -0.116. The molecule has 6 aromatic rings. The summed E-state index contributed by atoms with van der Waals surface area (Å²) in [7, 11) is 3.17. The third-order valence-corrected chi connectivity index (χ3v) is 9.67. The molecule has 0 bridgehead atoms. The highest BCUT2D eigenvalue weighted by Gasteiger charge is 2.24. The molecule has 0 aliphatic rings. The van der Waals surface area contributed by atoms with Crippen LogP contribution in [0.5, 0.6) is 11.5 Å². The van der Waals surface area contributed by atoms with E-state index >= 15 is 0 Å². The van der Waals surface area contributed by atoms with Gasteiger partial charge in [-0.15, -0.1) is 11.8 Å². The summed E-state index contributed by atoms with van der Waals surface area (Å²) < 4.78 is 11.5. The van der Waals surface area contributed by atoms with Crippen molar-refractivity contribution < 1.29 is 23.9 Å². The second-order valence-electron chi connectivity index (χ2n) is 10.9. The van der Waals surface area contributed by atoms with Crippen LogP contribution in [0, 0.1) is 0 Å². The molecule has 5 aromatic carbocycles. The molecule has 9 nitrogen and oxygen atoms in total. The highest BCUT2D eigenvalue weighted by molar-refractivity contribution is 8.00. The first kappa shape index (κ1) is 34.0. The molecule has 1 unspecified atom stereocenters. The number of hydrogen-bond donors (Lipinski definition) is 3. The number of anilines is 2. The number of rotatable bonds is 12. The fourth-order valence-electron chi connectivity index (χ4n) is 4.95. The molecule has 250 valence electrons. The number of hydrogen-bond acceptors (Lipinski definition) is 8. The third kappa shape index (κ3) is 8.56. The van der Waals surface area contributed by atoms with Crippen molar-refractivity contribution in [2.45, 2.75) is 10.1 Å². The zero-order chi connectivity index (χ0) is 34.9. The quantitative estimate of drug-likeness (QED) is 0.0870. The van der Waals surface area contributed by atoms with Crippen LogP contribution in [0.2, 0.25) is 0 Å². The normalized spacial score (nSPS) is 11.8. The van der Waals surface area contributed by atoms with E-state index in [2.05, 4.69) is 20.9 Å². The number of methoxy groups -OCH3 is 2. The van der Waals surface area contributed by atoms with Crippen molar-refractivity contribution in [3.05, 3.63) is 150 Å². The van der Waals surface area contributed by atoms with E-state index in [1.54, 1.807) is 74.9 Å². The second kappa shape index (κ2) is 16.0. The van der Waals surface area contributed by atoms with Crippen LogP contribution < -0.4 is 25.4 Å². The topological polar surface area (TPSA) is 119 Å². The van der Waals surface area contributed by atoms with E-state index in [1.807, 2.05) is 72.8 Å². The first-order valence-corrected chi connectivity index (χ1v) is 17.2. The molecule has 3 amide bonds. The van der Waals surface area contributed by atoms with Gasteiger partial charge in [-0.05, 0) is 83.9 Å². The maximum Gasteiger partial charge on any atom is 0.272 e. The Labute approximate surface area is 297 Å². The number of carbonyl (C=O) groups excluding carboxylic acids is 3. The maximum absolute atomic E-state index is 13.7. The van der Waals surface area contributed by atoms with Crippen molar-refractivity contribution in [1.82, 2.24) is 10.3 Å². The molecule has 1 aromatic heterocycles. The Hall–Kier alpha value is -5.91. The number of nitrogens with zero attached hydrogens (tertiary/aromatic N) is 1.